The lowest BCUT2D eigenvalue weighted by molar-refractivity contribution is 0.0221. The molecule has 38 heavy (non-hydrogen) atoms. The highest BCUT2D eigenvalue weighted by atomic mass is 19.3. The molecule has 4 aromatic heterocycles. The summed E-state index contributed by atoms with van der Waals surface area (Å²) in [6.45, 7) is 0.963. The van der Waals surface area contributed by atoms with Gasteiger partial charge >= 0.3 is 5.92 Å². The molecule has 1 N–H and O–H groups in total. The number of hydrogen-bond acceptors (Lipinski definition) is 6. The van der Waals surface area contributed by atoms with Crippen LogP contribution >= 0.6 is 0 Å². The van der Waals surface area contributed by atoms with Gasteiger partial charge in [0.1, 0.15) is 18.3 Å². The van der Waals surface area contributed by atoms with Crippen LogP contribution in [0.15, 0.2) is 55.0 Å². The first kappa shape index (κ1) is 23.8. The van der Waals surface area contributed by atoms with E-state index in [1.165, 1.54) is 12.1 Å². The van der Waals surface area contributed by atoms with Crippen molar-refractivity contribution in [3.63, 3.8) is 0 Å². The first-order chi connectivity index (χ1) is 18.3. The highest BCUT2D eigenvalue weighted by Gasteiger charge is 2.45. The zero-order valence-electron chi connectivity index (χ0n) is 20.3. The number of aryl methyl sites for hydroxylation is 2. The molecule has 5 aromatic rings. The molecule has 0 saturated carbocycles. The van der Waals surface area contributed by atoms with E-state index in [1.807, 2.05) is 6.92 Å². The summed E-state index contributed by atoms with van der Waals surface area (Å²) in [6, 6.07) is 7.07. The average molecular weight is 523 g/mol. The quantitative estimate of drug-likeness (QED) is 0.322. The Balaban J connectivity index is 1.42. The predicted octanol–water partition coefficient (Wildman–Crippen LogP) is 4.79. The molecule has 1 aliphatic rings. The summed E-state index contributed by atoms with van der Waals surface area (Å²) in [5.74, 6) is -4.61. The zero-order chi connectivity index (χ0) is 26.6. The van der Waals surface area contributed by atoms with E-state index in [1.54, 1.807) is 47.0 Å². The number of alkyl halides is 3. The Morgan fingerprint density at radius 2 is 1.97 bits per heavy atom. The van der Waals surface area contributed by atoms with Crippen LogP contribution in [0.3, 0.4) is 0 Å². The molecule has 5 heterocycles. The minimum absolute atomic E-state index is 0.0570. The summed E-state index contributed by atoms with van der Waals surface area (Å²) in [5, 5.41) is 14.9. The zero-order valence-corrected chi connectivity index (χ0v) is 20.3. The van der Waals surface area contributed by atoms with Gasteiger partial charge in [-0.25, -0.2) is 18.7 Å². The predicted molar refractivity (Wildman–Crippen MR) is 130 cm³/mol. The second-order valence-electron chi connectivity index (χ2n) is 9.04. The smallest absolute Gasteiger partial charge is 0.334 e. The van der Waals surface area contributed by atoms with Gasteiger partial charge in [-0.05, 0) is 30.7 Å². The number of aromatic nitrogens is 8. The summed E-state index contributed by atoms with van der Waals surface area (Å²) in [7, 11) is 1.78. The number of nitrogens with one attached hydrogen (secondary N) is 1. The van der Waals surface area contributed by atoms with E-state index in [-0.39, 0.29) is 12.4 Å². The van der Waals surface area contributed by atoms with Gasteiger partial charge in [-0.3, -0.25) is 9.25 Å². The minimum atomic E-state index is -3.82. The van der Waals surface area contributed by atoms with Gasteiger partial charge < -0.3 is 9.88 Å². The van der Waals surface area contributed by atoms with Gasteiger partial charge in [0.05, 0.1) is 29.2 Å². The van der Waals surface area contributed by atoms with Gasteiger partial charge in [0.15, 0.2) is 5.82 Å². The lowest BCUT2D eigenvalue weighted by atomic mass is 10.1. The maximum atomic E-state index is 15.5. The third-order valence-electron chi connectivity index (χ3n) is 6.57. The van der Waals surface area contributed by atoms with Crippen molar-refractivity contribution in [1.82, 2.24) is 39.1 Å². The van der Waals surface area contributed by atoms with E-state index < -0.39 is 35.8 Å². The first-order valence-electron chi connectivity index (χ1n) is 11.7. The van der Waals surface area contributed by atoms with Gasteiger partial charge in [0, 0.05) is 37.6 Å². The van der Waals surface area contributed by atoms with Crippen LogP contribution in [0.25, 0.3) is 22.8 Å². The Hall–Kier alpha value is -4.55. The van der Waals surface area contributed by atoms with Gasteiger partial charge in [0.2, 0.25) is 11.8 Å². The molecule has 0 amide bonds. The molecule has 0 unspecified atom stereocenters. The van der Waals surface area contributed by atoms with Crippen molar-refractivity contribution < 1.29 is 17.6 Å². The second-order valence-corrected chi connectivity index (χ2v) is 9.04. The molecule has 0 aliphatic carbocycles. The van der Waals surface area contributed by atoms with Crippen molar-refractivity contribution in [2.45, 2.75) is 25.4 Å². The Morgan fingerprint density at radius 1 is 1.16 bits per heavy atom. The van der Waals surface area contributed by atoms with E-state index in [9.17, 15) is 8.78 Å². The highest BCUT2D eigenvalue weighted by molar-refractivity contribution is 5.71. The van der Waals surface area contributed by atoms with Gasteiger partial charge in [-0.2, -0.15) is 13.9 Å². The average Bonchev–Trinajstić information content (AvgIpc) is 3.63. The van der Waals surface area contributed by atoms with Crippen molar-refractivity contribution in [2.24, 2.45) is 7.05 Å². The lowest BCUT2D eigenvalue weighted by Crippen LogP contribution is -2.30. The van der Waals surface area contributed by atoms with Crippen LogP contribution in [0, 0.1) is 12.7 Å². The largest absolute Gasteiger partial charge is 0.342 e. The van der Waals surface area contributed by atoms with E-state index in [0.717, 1.165) is 22.3 Å². The molecule has 1 aromatic carbocycles. The molecule has 0 bridgehead atoms. The molecular weight excluding hydrogens is 502 g/mol. The van der Waals surface area contributed by atoms with Gasteiger partial charge in [-0.1, -0.05) is 12.1 Å². The first-order valence-corrected chi connectivity index (χ1v) is 11.7. The maximum absolute atomic E-state index is 15.5. The second kappa shape index (κ2) is 8.78. The fraction of sp³-hybridized carbons (Fsp3) is 0.240. The van der Waals surface area contributed by atoms with Crippen LogP contribution in [-0.2, 0) is 19.5 Å². The molecule has 9 nitrogen and oxygen atoms in total. The fourth-order valence-corrected chi connectivity index (χ4v) is 4.67. The third kappa shape index (κ3) is 3.73. The van der Waals surface area contributed by atoms with E-state index >= 15 is 8.78 Å². The van der Waals surface area contributed by atoms with Crippen LogP contribution < -0.4 is 5.32 Å². The molecule has 1 atom stereocenters. The molecule has 13 heteroatoms. The van der Waals surface area contributed by atoms with Crippen LogP contribution in [0.2, 0.25) is 0 Å². The van der Waals surface area contributed by atoms with Gasteiger partial charge in [0.25, 0.3) is 0 Å². The molecule has 0 fully saturated rings. The van der Waals surface area contributed by atoms with Crippen molar-refractivity contribution in [3.8, 4) is 22.8 Å². The normalized spacial score (nSPS) is 14.8. The number of nitrogens with zero attached hydrogens (tertiary/aromatic N) is 8. The SMILES string of the molecule is Cc1cnc(Nc2ccnn2C)nc1-c1cc2n(c1)C[C@H](CF)n1c-2nnc1C(F)(F)c1ccccc1F. The Bertz CT molecular complexity index is 1650. The number of hydrogen-bond donors (Lipinski definition) is 1. The molecule has 0 spiro atoms. The molecule has 1 aliphatic heterocycles. The molecule has 0 radical (unpaired) electrons. The molecule has 194 valence electrons. The Morgan fingerprint density at radius 3 is 2.71 bits per heavy atom. The van der Waals surface area contributed by atoms with E-state index in [2.05, 4.69) is 30.6 Å². The van der Waals surface area contributed by atoms with Crippen molar-refractivity contribution in [1.29, 1.82) is 0 Å². The summed E-state index contributed by atoms with van der Waals surface area (Å²) < 4.78 is 63.9. The summed E-state index contributed by atoms with van der Waals surface area (Å²) >= 11 is 0. The topological polar surface area (TPSA) is 91.3 Å². The minimum Gasteiger partial charge on any atom is -0.342 e. The Labute approximate surface area is 213 Å². The third-order valence-corrected chi connectivity index (χ3v) is 6.57. The van der Waals surface area contributed by atoms with Crippen LogP contribution in [0.1, 0.15) is 23.0 Å². The summed E-state index contributed by atoms with van der Waals surface area (Å²) in [5.41, 5.74) is 1.67. The number of fused-ring (bicyclic) bond motifs is 3. The van der Waals surface area contributed by atoms with Crippen LogP contribution in [-0.4, -0.2) is 45.8 Å². The number of halogens is 4. The molecule has 0 saturated heterocycles. The Kier molecular flexibility index (Phi) is 5.51. The number of anilines is 2. The fourth-order valence-electron chi connectivity index (χ4n) is 4.67. The lowest BCUT2D eigenvalue weighted by Gasteiger charge is -2.28. The van der Waals surface area contributed by atoms with E-state index in [0.29, 0.717) is 28.7 Å². The summed E-state index contributed by atoms with van der Waals surface area (Å²) in [6.07, 6.45) is 5.08. The molecular formula is C25H21F4N9. The summed E-state index contributed by atoms with van der Waals surface area (Å²) in [4.78, 5) is 8.97. The molecule has 6 rings (SSSR count). The van der Waals surface area contributed by atoms with Crippen molar-refractivity contribution in [3.05, 3.63) is 77.8 Å². The van der Waals surface area contributed by atoms with Crippen molar-refractivity contribution >= 4 is 11.8 Å². The highest BCUT2D eigenvalue weighted by Crippen LogP contribution is 2.42. The van der Waals surface area contributed by atoms with Crippen LogP contribution in [0.5, 0.6) is 0 Å². The monoisotopic (exact) mass is 523 g/mol. The number of benzene rings is 1. The van der Waals surface area contributed by atoms with Crippen molar-refractivity contribution in [2.75, 3.05) is 12.0 Å². The van der Waals surface area contributed by atoms with Crippen LogP contribution in [0.4, 0.5) is 29.3 Å². The number of rotatable bonds is 6. The van der Waals surface area contributed by atoms with E-state index in [4.69, 9.17) is 0 Å². The van der Waals surface area contributed by atoms with Gasteiger partial charge in [-0.15, -0.1) is 10.2 Å². The maximum Gasteiger partial charge on any atom is 0.334 e. The standard InChI is InChI=1S/C25H21F4N9/c1-14-11-30-24(32-20-7-8-31-36(20)2)33-21(14)15-9-19-22-34-35-23(38(22)16(10-26)13-37(19)12-15)25(28,29)17-5-3-4-6-18(17)27/h3-9,11-12,16H,10,13H2,1-2H3,(H,30,32,33)/t16-/m0/s1.